The maximum absolute atomic E-state index is 3.78. The highest BCUT2D eigenvalue weighted by Crippen LogP contribution is 2.56. The predicted molar refractivity (Wildman–Crippen MR) is 101 cm³/mol. The molecule has 0 saturated heterocycles. The van der Waals surface area contributed by atoms with Gasteiger partial charge in [-0.3, -0.25) is 0 Å². The van der Waals surface area contributed by atoms with Crippen molar-refractivity contribution in [2.75, 3.05) is 0 Å². The van der Waals surface area contributed by atoms with Crippen molar-refractivity contribution in [3.63, 3.8) is 0 Å². The van der Waals surface area contributed by atoms with Gasteiger partial charge in [0.1, 0.15) is 3.23 Å². The lowest BCUT2D eigenvalue weighted by molar-refractivity contribution is 0.752. The van der Waals surface area contributed by atoms with Crippen molar-refractivity contribution >= 4 is 101 Å². The predicted octanol–water partition coefficient (Wildman–Crippen LogP) is 6.97. The van der Waals surface area contributed by atoms with Crippen LogP contribution in [0.1, 0.15) is 12.0 Å². The molecule has 6 heteroatoms. The molecule has 0 aromatic heterocycles. The van der Waals surface area contributed by atoms with Gasteiger partial charge in [0, 0.05) is 10.9 Å². The fourth-order valence-corrected chi connectivity index (χ4v) is 6.88. The molecule has 1 unspecified atom stereocenters. The molecule has 1 atom stereocenters. The Labute approximate surface area is 157 Å². The number of hydrogen-bond donors (Lipinski definition) is 0. The Morgan fingerprint density at radius 3 is 2.39 bits per heavy atom. The highest BCUT2D eigenvalue weighted by molar-refractivity contribution is 9.27. The van der Waals surface area contributed by atoms with Crippen LogP contribution in [-0.2, 0) is 0 Å². The molecule has 0 N–H and O–H groups in total. The van der Waals surface area contributed by atoms with E-state index in [2.05, 4.69) is 114 Å². The first-order valence-electron chi connectivity index (χ1n) is 5.10. The minimum absolute atomic E-state index is 0.164. The van der Waals surface area contributed by atoms with Gasteiger partial charge in [-0.1, -0.05) is 114 Å². The Bertz CT molecular complexity index is 491. The van der Waals surface area contributed by atoms with Crippen LogP contribution in [0.25, 0.3) is 5.57 Å². The normalized spacial score (nSPS) is 25.7. The lowest BCUT2D eigenvalue weighted by Gasteiger charge is -2.39. The zero-order chi connectivity index (χ0) is 13.6. The molecule has 1 aromatic rings. The summed E-state index contributed by atoms with van der Waals surface area (Å²) in [6, 6.07) is 8.31. The average molecular weight is 632 g/mol. The quantitative estimate of drug-likeness (QED) is 0.294. The Balaban J connectivity index is 2.49. The van der Waals surface area contributed by atoms with E-state index in [1.165, 1.54) is 11.1 Å². The van der Waals surface area contributed by atoms with Crippen molar-refractivity contribution in [3.8, 4) is 0 Å². The van der Waals surface area contributed by atoms with Crippen molar-refractivity contribution in [2.24, 2.45) is 0 Å². The van der Waals surface area contributed by atoms with E-state index in [1.54, 1.807) is 0 Å². The molecule has 0 amide bonds. The SMILES string of the molecule is Brc1cccc(C2=CC(Br)C(Br)(Br)CC2(Br)Br)c1. The van der Waals surface area contributed by atoms with E-state index in [1.807, 2.05) is 12.1 Å². The number of allylic oxidation sites excluding steroid dienone is 2. The highest BCUT2D eigenvalue weighted by Gasteiger charge is 2.45. The summed E-state index contributed by atoms with van der Waals surface area (Å²) in [5.74, 6) is 0. The van der Waals surface area contributed by atoms with Gasteiger partial charge in [0.05, 0.1) is 8.06 Å². The maximum atomic E-state index is 3.78. The molecule has 0 nitrogen and oxygen atoms in total. The smallest absolute Gasteiger partial charge is 0.0820 e. The minimum Gasteiger partial charge on any atom is -0.0820 e. The third-order valence-electron chi connectivity index (χ3n) is 2.70. The van der Waals surface area contributed by atoms with Gasteiger partial charge >= 0.3 is 0 Å². The largest absolute Gasteiger partial charge is 0.108 e. The molecule has 0 saturated carbocycles. The molecule has 0 fully saturated rings. The molecule has 98 valence electrons. The third kappa shape index (κ3) is 3.53. The number of alkyl halides is 5. The van der Waals surface area contributed by atoms with Crippen molar-refractivity contribution in [2.45, 2.75) is 17.7 Å². The van der Waals surface area contributed by atoms with Crippen LogP contribution >= 0.6 is 95.6 Å². The molecular formula is C12H8Br6. The first kappa shape index (κ1) is 16.2. The van der Waals surface area contributed by atoms with E-state index < -0.39 is 0 Å². The molecular weight excluding hydrogens is 624 g/mol. The van der Waals surface area contributed by atoms with Crippen LogP contribution in [-0.4, -0.2) is 11.3 Å². The van der Waals surface area contributed by atoms with Crippen LogP contribution in [0.4, 0.5) is 0 Å². The van der Waals surface area contributed by atoms with Crippen molar-refractivity contribution in [1.82, 2.24) is 0 Å². The van der Waals surface area contributed by atoms with Gasteiger partial charge in [-0.25, -0.2) is 0 Å². The summed E-state index contributed by atoms with van der Waals surface area (Å²) in [6.07, 6.45) is 3.06. The molecule has 1 aliphatic carbocycles. The Kier molecular flexibility index (Phi) is 5.33. The molecule has 1 aromatic carbocycles. The van der Waals surface area contributed by atoms with Crippen LogP contribution in [0.2, 0.25) is 0 Å². The van der Waals surface area contributed by atoms with E-state index in [9.17, 15) is 0 Å². The van der Waals surface area contributed by atoms with Crippen LogP contribution in [0.5, 0.6) is 0 Å². The molecule has 0 aliphatic heterocycles. The van der Waals surface area contributed by atoms with Crippen LogP contribution in [0.15, 0.2) is 34.8 Å². The molecule has 0 bridgehead atoms. The zero-order valence-corrected chi connectivity index (χ0v) is 18.5. The summed E-state index contributed by atoms with van der Waals surface area (Å²) in [5.41, 5.74) is 2.42. The van der Waals surface area contributed by atoms with Crippen LogP contribution < -0.4 is 0 Å². The second-order valence-electron chi connectivity index (χ2n) is 4.13. The summed E-state index contributed by atoms with van der Waals surface area (Å²) in [4.78, 5) is 0.210. The number of rotatable bonds is 1. The molecule has 1 aliphatic rings. The fourth-order valence-electron chi connectivity index (χ4n) is 1.84. The van der Waals surface area contributed by atoms with Crippen molar-refractivity contribution in [3.05, 3.63) is 40.4 Å². The van der Waals surface area contributed by atoms with Crippen LogP contribution in [0.3, 0.4) is 0 Å². The Morgan fingerprint density at radius 2 is 1.78 bits per heavy atom. The van der Waals surface area contributed by atoms with E-state index in [-0.39, 0.29) is 11.3 Å². The lowest BCUT2D eigenvalue weighted by Crippen LogP contribution is -2.36. The Morgan fingerprint density at radius 1 is 1.11 bits per heavy atom. The number of benzene rings is 1. The fraction of sp³-hybridized carbons (Fsp3) is 0.333. The zero-order valence-electron chi connectivity index (χ0n) is 8.94. The van der Waals surface area contributed by atoms with Crippen LogP contribution in [0, 0.1) is 0 Å². The lowest BCUT2D eigenvalue weighted by atomic mass is 9.93. The summed E-state index contributed by atoms with van der Waals surface area (Å²) >= 11 is 22.2. The maximum Gasteiger partial charge on any atom is 0.108 e. The van der Waals surface area contributed by atoms with Gasteiger partial charge in [0.2, 0.25) is 0 Å². The second kappa shape index (κ2) is 5.91. The summed E-state index contributed by atoms with van der Waals surface area (Å²) in [6.45, 7) is 0. The van der Waals surface area contributed by atoms with Gasteiger partial charge in [-0.2, -0.15) is 0 Å². The summed E-state index contributed by atoms with van der Waals surface area (Å²) in [7, 11) is 0. The van der Waals surface area contributed by atoms with E-state index >= 15 is 0 Å². The average Bonchev–Trinajstić information content (AvgIpc) is 2.22. The van der Waals surface area contributed by atoms with Crippen molar-refractivity contribution in [1.29, 1.82) is 0 Å². The molecule has 0 radical (unpaired) electrons. The standard InChI is InChI=1S/C12H8Br6/c13-8-3-1-2-7(4-8)9-5-10(14)12(17,18)6-11(9,15)16/h1-5,10H,6H2. The van der Waals surface area contributed by atoms with Gasteiger partial charge < -0.3 is 0 Å². The molecule has 18 heavy (non-hydrogen) atoms. The van der Waals surface area contributed by atoms with Gasteiger partial charge in [0.25, 0.3) is 0 Å². The Hall–Kier alpha value is 1.84. The topological polar surface area (TPSA) is 0 Å². The van der Waals surface area contributed by atoms with Gasteiger partial charge in [0.15, 0.2) is 0 Å². The number of halogens is 6. The third-order valence-corrected chi connectivity index (χ3v) is 8.43. The summed E-state index contributed by atoms with van der Waals surface area (Å²) in [5, 5.41) is 0. The van der Waals surface area contributed by atoms with E-state index in [0.29, 0.717) is 0 Å². The first-order valence-corrected chi connectivity index (χ1v) is 9.98. The van der Waals surface area contributed by atoms with E-state index in [4.69, 9.17) is 0 Å². The highest BCUT2D eigenvalue weighted by atomic mass is 79.9. The monoisotopic (exact) mass is 626 g/mol. The molecule has 0 spiro atoms. The molecule has 0 heterocycles. The van der Waals surface area contributed by atoms with Gasteiger partial charge in [-0.15, -0.1) is 0 Å². The number of hydrogen-bond acceptors (Lipinski definition) is 0. The van der Waals surface area contributed by atoms with E-state index in [0.717, 1.165) is 10.9 Å². The van der Waals surface area contributed by atoms with Crippen molar-refractivity contribution < 1.29 is 0 Å². The second-order valence-corrected chi connectivity index (χ2v) is 13.7. The van der Waals surface area contributed by atoms with Gasteiger partial charge in [-0.05, 0) is 23.3 Å². The summed E-state index contributed by atoms with van der Waals surface area (Å²) < 4.78 is 0.665. The molecule has 2 rings (SSSR count). The minimum atomic E-state index is -0.252. The first-order chi connectivity index (χ1) is 8.22.